The van der Waals surface area contributed by atoms with Gasteiger partial charge in [0.05, 0.1) is 21.7 Å². The molecule has 0 atom stereocenters. The van der Waals surface area contributed by atoms with E-state index in [4.69, 9.17) is 0 Å². The molecule has 0 saturated carbocycles. The molecule has 0 bridgehead atoms. The summed E-state index contributed by atoms with van der Waals surface area (Å²) in [4.78, 5) is 10.6. The van der Waals surface area contributed by atoms with Crippen LogP contribution in [0.4, 0.5) is 0 Å². The van der Waals surface area contributed by atoms with E-state index in [0.717, 1.165) is 17.2 Å². The maximum absolute atomic E-state index is 10.6. The lowest BCUT2D eigenvalue weighted by atomic mass is 10.2. The number of aromatic nitrogens is 1. The number of hydrogen-bond acceptors (Lipinski definition) is 1. The van der Waals surface area contributed by atoms with Gasteiger partial charge in [0, 0.05) is 17.1 Å². The van der Waals surface area contributed by atoms with Gasteiger partial charge in [0.15, 0.2) is 6.29 Å². The maximum atomic E-state index is 10.6. The van der Waals surface area contributed by atoms with Gasteiger partial charge < -0.3 is 0 Å². The van der Waals surface area contributed by atoms with Crippen LogP contribution in [0.5, 0.6) is 0 Å². The van der Waals surface area contributed by atoms with Gasteiger partial charge in [0.2, 0.25) is 0 Å². The van der Waals surface area contributed by atoms with E-state index >= 15 is 0 Å². The lowest BCUT2D eigenvalue weighted by Crippen LogP contribution is -1.72. The largest absolute Gasteiger partial charge is 0.298 e. The number of carbonyl (C=O) groups excluding carboxylic acids is 1. The third-order valence-electron chi connectivity index (χ3n) is 1.82. The second-order valence-electron chi connectivity index (χ2n) is 2.53. The number of nitrogens with zero attached hydrogens (tertiary/aromatic N) is 1. The Hall–Kier alpha value is -1.09. The highest BCUT2D eigenvalue weighted by Crippen LogP contribution is 2.21. The molecule has 12 heavy (non-hydrogen) atoms. The number of benzene rings is 1. The third kappa shape index (κ3) is 0.975. The van der Waals surface area contributed by atoms with Crippen LogP contribution in [0.3, 0.4) is 0 Å². The first-order chi connectivity index (χ1) is 5.83. The molecule has 0 N–H and O–H groups in total. The zero-order valence-corrected chi connectivity index (χ0v) is 7.78. The summed E-state index contributed by atoms with van der Waals surface area (Å²) in [7, 11) is 0. The fourth-order valence-electron chi connectivity index (χ4n) is 1.26. The molecule has 0 saturated heterocycles. The van der Waals surface area contributed by atoms with Gasteiger partial charge in [-0.05, 0) is 6.07 Å². The third-order valence-corrected chi connectivity index (χ3v) is 2.41. The smallest absolute Gasteiger partial charge is 0.152 e. The van der Waals surface area contributed by atoms with Gasteiger partial charge in [-0.1, -0.05) is 18.2 Å². The van der Waals surface area contributed by atoms with Crippen molar-refractivity contribution in [2.24, 2.45) is 0 Å². The molecule has 2 nitrogen and oxygen atoms in total. The summed E-state index contributed by atoms with van der Waals surface area (Å²) in [6.07, 6.45) is 2.62. The molecule has 2 rings (SSSR count). The second kappa shape index (κ2) is 2.75. The number of carbonyl (C=O) groups is 1. The molecular weight excluding hydrogens is 218 g/mol. The number of halogens is 1. The Bertz CT molecular complexity index is 433. The van der Waals surface area contributed by atoms with Crippen molar-refractivity contribution in [3.05, 3.63) is 36.0 Å². The summed E-state index contributed by atoms with van der Waals surface area (Å²) < 4.78 is 1.77. The number of aldehydes is 1. The molecule has 1 aromatic heterocycles. The summed E-state index contributed by atoms with van der Waals surface area (Å²) in [5, 5.41) is 0.976. The highest BCUT2D eigenvalue weighted by atomic mass is 79.9. The quantitative estimate of drug-likeness (QED) is 0.682. The lowest BCUT2D eigenvalue weighted by Gasteiger charge is -1.90. The molecule has 3 heteroatoms. The van der Waals surface area contributed by atoms with Crippen LogP contribution in [-0.4, -0.2) is 9.88 Å². The van der Waals surface area contributed by atoms with Crippen LogP contribution in [0.2, 0.25) is 0 Å². The van der Waals surface area contributed by atoms with Crippen LogP contribution < -0.4 is 0 Å². The summed E-state index contributed by atoms with van der Waals surface area (Å²) in [6.45, 7) is 0. The highest BCUT2D eigenvalue weighted by molar-refractivity contribution is 9.08. The first-order valence-electron chi connectivity index (χ1n) is 3.54. The molecule has 0 aliphatic rings. The number of para-hydroxylation sites is 1. The van der Waals surface area contributed by atoms with Crippen molar-refractivity contribution < 1.29 is 4.79 Å². The predicted molar refractivity (Wildman–Crippen MR) is 51.7 cm³/mol. The van der Waals surface area contributed by atoms with E-state index < -0.39 is 0 Å². The van der Waals surface area contributed by atoms with E-state index in [2.05, 4.69) is 16.1 Å². The summed E-state index contributed by atoms with van der Waals surface area (Å²) >= 11 is 3.32. The Balaban J connectivity index is 2.91. The van der Waals surface area contributed by atoms with Gasteiger partial charge in [0.1, 0.15) is 0 Å². The van der Waals surface area contributed by atoms with Crippen molar-refractivity contribution in [2.45, 2.75) is 0 Å². The van der Waals surface area contributed by atoms with Crippen molar-refractivity contribution >= 4 is 33.3 Å². The average molecular weight is 224 g/mol. The Morgan fingerprint density at radius 3 is 2.83 bits per heavy atom. The van der Waals surface area contributed by atoms with Crippen LogP contribution in [0.1, 0.15) is 10.4 Å². The number of rotatable bonds is 1. The van der Waals surface area contributed by atoms with Gasteiger partial charge in [-0.2, -0.15) is 0 Å². The van der Waals surface area contributed by atoms with E-state index in [1.165, 1.54) is 0 Å². The normalized spacial score (nSPS) is 10.4. The lowest BCUT2D eigenvalue weighted by molar-refractivity contribution is 0.112. The standard InChI is InChI=1S/C9H6BrNO/c10-11-5-7(6-12)8-3-1-2-4-9(8)11/h1-6H. The van der Waals surface area contributed by atoms with E-state index in [-0.39, 0.29) is 0 Å². The number of fused-ring (bicyclic) bond motifs is 1. The molecule has 0 amide bonds. The van der Waals surface area contributed by atoms with Crippen molar-refractivity contribution in [3.63, 3.8) is 0 Å². The van der Waals surface area contributed by atoms with Crippen LogP contribution in [-0.2, 0) is 0 Å². The minimum Gasteiger partial charge on any atom is -0.298 e. The SMILES string of the molecule is O=Cc1cn(Br)c2ccccc12. The Labute approximate surface area is 78.1 Å². The first kappa shape index (κ1) is 7.55. The van der Waals surface area contributed by atoms with Crippen molar-refractivity contribution in [1.29, 1.82) is 0 Å². The zero-order chi connectivity index (χ0) is 8.55. The second-order valence-corrected chi connectivity index (χ2v) is 3.29. The molecular formula is C9H6BrNO. The predicted octanol–water partition coefficient (Wildman–Crippen LogP) is 2.61. The molecule has 2 aromatic rings. The van der Waals surface area contributed by atoms with Gasteiger partial charge in [-0.3, -0.25) is 8.39 Å². The Morgan fingerprint density at radius 2 is 2.08 bits per heavy atom. The minimum atomic E-state index is 0.711. The average Bonchev–Trinajstić information content (AvgIpc) is 2.44. The van der Waals surface area contributed by atoms with Crippen LogP contribution in [0.15, 0.2) is 30.5 Å². The molecule has 60 valence electrons. The van der Waals surface area contributed by atoms with Crippen molar-refractivity contribution in [1.82, 2.24) is 3.59 Å². The minimum absolute atomic E-state index is 0.711. The van der Waals surface area contributed by atoms with E-state index in [1.54, 1.807) is 9.79 Å². The molecule has 0 unspecified atom stereocenters. The zero-order valence-electron chi connectivity index (χ0n) is 6.20. The molecule has 0 aliphatic heterocycles. The van der Waals surface area contributed by atoms with Crippen LogP contribution in [0, 0.1) is 0 Å². The van der Waals surface area contributed by atoms with Crippen LogP contribution >= 0.6 is 16.1 Å². The molecule has 1 aromatic carbocycles. The van der Waals surface area contributed by atoms with Gasteiger partial charge in [-0.15, -0.1) is 0 Å². The molecule has 0 spiro atoms. The van der Waals surface area contributed by atoms with E-state index in [0.29, 0.717) is 5.56 Å². The number of hydrogen-bond donors (Lipinski definition) is 0. The van der Waals surface area contributed by atoms with Gasteiger partial charge in [0.25, 0.3) is 0 Å². The fraction of sp³-hybridized carbons (Fsp3) is 0. The molecule has 0 radical (unpaired) electrons. The van der Waals surface area contributed by atoms with E-state index in [9.17, 15) is 4.79 Å². The monoisotopic (exact) mass is 223 g/mol. The molecule has 0 fully saturated rings. The molecule has 1 heterocycles. The molecule has 0 aliphatic carbocycles. The van der Waals surface area contributed by atoms with E-state index in [1.807, 2.05) is 24.3 Å². The summed E-state index contributed by atoms with van der Waals surface area (Å²) in [5.74, 6) is 0. The van der Waals surface area contributed by atoms with Crippen molar-refractivity contribution in [2.75, 3.05) is 0 Å². The van der Waals surface area contributed by atoms with Gasteiger partial charge in [-0.25, -0.2) is 0 Å². The van der Waals surface area contributed by atoms with Crippen LogP contribution in [0.25, 0.3) is 10.9 Å². The maximum Gasteiger partial charge on any atom is 0.152 e. The summed E-state index contributed by atoms with van der Waals surface area (Å²) in [6, 6.07) is 7.74. The van der Waals surface area contributed by atoms with Crippen molar-refractivity contribution in [3.8, 4) is 0 Å². The topological polar surface area (TPSA) is 22.0 Å². The Kier molecular flexibility index (Phi) is 1.73. The summed E-state index contributed by atoms with van der Waals surface area (Å²) in [5.41, 5.74) is 1.72. The fourth-order valence-corrected chi connectivity index (χ4v) is 1.79. The first-order valence-corrected chi connectivity index (χ1v) is 4.25. The Morgan fingerprint density at radius 1 is 1.33 bits per heavy atom. The highest BCUT2D eigenvalue weighted by Gasteiger charge is 2.03. The van der Waals surface area contributed by atoms with Gasteiger partial charge >= 0.3 is 0 Å².